The van der Waals surface area contributed by atoms with Crippen molar-refractivity contribution in [1.29, 1.82) is 5.26 Å². The maximum Gasteiger partial charge on any atom is 0.224 e. The monoisotopic (exact) mass is 527 g/mol. The number of hydrogen-bond donors (Lipinski definition) is 2. The van der Waals surface area contributed by atoms with E-state index in [0.717, 1.165) is 73.1 Å². The first-order valence-corrected chi connectivity index (χ1v) is 14.9. The van der Waals surface area contributed by atoms with Crippen molar-refractivity contribution in [3.05, 3.63) is 41.6 Å². The largest absolute Gasteiger partial charge is 0.496 e. The number of rotatable bonds is 10. The highest BCUT2D eigenvalue weighted by Crippen LogP contribution is 2.63. The minimum absolute atomic E-state index is 0.312. The number of Topliss-reactive ketones (excluding diaryl/α,β-unsaturated/α-hetero) is 1. The first kappa shape index (κ1) is 26.1. The quantitative estimate of drug-likeness (QED) is 0.371. The molecule has 206 valence electrons. The van der Waals surface area contributed by atoms with Gasteiger partial charge in [0.15, 0.2) is 0 Å². The minimum atomic E-state index is 0.312. The van der Waals surface area contributed by atoms with Crippen LogP contribution in [0, 0.1) is 46.3 Å². The number of nitrogens with one attached hydrogen (secondary N) is 2. The van der Waals surface area contributed by atoms with Crippen LogP contribution in [0.3, 0.4) is 0 Å². The maximum atomic E-state index is 11.6. The predicted molar refractivity (Wildman–Crippen MR) is 151 cm³/mol. The fourth-order valence-electron chi connectivity index (χ4n) is 8.68. The summed E-state index contributed by atoms with van der Waals surface area (Å²) >= 11 is 0. The van der Waals surface area contributed by atoms with E-state index in [-0.39, 0.29) is 0 Å². The van der Waals surface area contributed by atoms with Gasteiger partial charge in [-0.2, -0.15) is 10.2 Å². The van der Waals surface area contributed by atoms with Gasteiger partial charge in [0.1, 0.15) is 29.0 Å². The summed E-state index contributed by atoms with van der Waals surface area (Å²) in [5.74, 6) is 6.60. The highest BCUT2D eigenvalue weighted by molar-refractivity contribution is 5.79. The number of nitrogens with zero attached hydrogens (tertiary/aromatic N) is 3. The molecule has 4 bridgehead atoms. The smallest absolute Gasteiger partial charge is 0.224 e. The lowest BCUT2D eigenvalue weighted by Crippen LogP contribution is -2.53. The Hall–Kier alpha value is -3.14. The molecule has 2 aromatic rings. The highest BCUT2D eigenvalue weighted by atomic mass is 16.5. The van der Waals surface area contributed by atoms with Gasteiger partial charge < -0.3 is 15.4 Å². The standard InChI is InChI=1S/C32H41N5O2/c1-39-29-5-3-2-4-23(29)18-34-31-35-19-26(17-33)30(37-31)36-20-32-14-22-12-24(15-32)28(25(13-22)16-32)11-8-21-6-9-27(38)10-7-21/h2-5,19,21-22,24-25,28H,6-16,18,20H2,1H3,(H2,34,35,36,37)/t22?,24-,25+,28?,32?. The molecule has 0 radical (unpaired) electrons. The number of methoxy groups -OCH3 is 1. The van der Waals surface area contributed by atoms with Crippen LogP contribution in [-0.4, -0.2) is 29.4 Å². The molecule has 0 spiro atoms. The van der Waals surface area contributed by atoms with Gasteiger partial charge in [-0.1, -0.05) is 24.6 Å². The van der Waals surface area contributed by atoms with Crippen LogP contribution in [0.2, 0.25) is 0 Å². The topological polar surface area (TPSA) is 99.9 Å². The van der Waals surface area contributed by atoms with E-state index < -0.39 is 0 Å². The molecule has 7 rings (SSSR count). The summed E-state index contributed by atoms with van der Waals surface area (Å²) in [4.78, 5) is 20.7. The van der Waals surface area contributed by atoms with Crippen LogP contribution in [0.4, 0.5) is 11.8 Å². The highest BCUT2D eigenvalue weighted by Gasteiger charge is 2.54. The van der Waals surface area contributed by atoms with Crippen LogP contribution >= 0.6 is 0 Å². The van der Waals surface area contributed by atoms with E-state index in [1.54, 1.807) is 13.3 Å². The zero-order chi connectivity index (χ0) is 26.8. The summed E-state index contributed by atoms with van der Waals surface area (Å²) in [6.45, 7) is 1.43. The summed E-state index contributed by atoms with van der Waals surface area (Å²) < 4.78 is 5.46. The van der Waals surface area contributed by atoms with E-state index in [1.807, 2.05) is 24.3 Å². The van der Waals surface area contributed by atoms with Gasteiger partial charge in [-0.3, -0.25) is 4.79 Å². The van der Waals surface area contributed by atoms with Gasteiger partial charge in [0.05, 0.1) is 13.3 Å². The van der Waals surface area contributed by atoms with Crippen molar-refractivity contribution < 1.29 is 9.53 Å². The van der Waals surface area contributed by atoms with E-state index >= 15 is 0 Å². The summed E-state index contributed by atoms with van der Waals surface area (Å²) in [5, 5.41) is 16.7. The van der Waals surface area contributed by atoms with Crippen LogP contribution in [0.1, 0.15) is 81.8 Å². The van der Waals surface area contributed by atoms with Crippen LogP contribution in [-0.2, 0) is 11.3 Å². The Morgan fingerprint density at radius 2 is 1.85 bits per heavy atom. The van der Waals surface area contributed by atoms with Crippen LogP contribution in [0.5, 0.6) is 5.75 Å². The Morgan fingerprint density at radius 1 is 1.08 bits per heavy atom. The third-order valence-corrected chi connectivity index (χ3v) is 10.3. The minimum Gasteiger partial charge on any atom is -0.496 e. The van der Waals surface area contributed by atoms with Gasteiger partial charge in [0, 0.05) is 31.5 Å². The van der Waals surface area contributed by atoms with Crippen LogP contribution in [0.25, 0.3) is 0 Å². The molecule has 7 nitrogen and oxygen atoms in total. The third kappa shape index (κ3) is 5.62. The van der Waals surface area contributed by atoms with Gasteiger partial charge in [-0.05, 0) is 92.4 Å². The molecule has 0 saturated heterocycles. The average molecular weight is 528 g/mol. The normalized spacial score (nSPS) is 29.7. The molecule has 5 atom stereocenters. The molecule has 2 N–H and O–H groups in total. The van der Waals surface area contributed by atoms with Crippen molar-refractivity contribution in [2.45, 2.75) is 77.2 Å². The lowest BCUT2D eigenvalue weighted by molar-refractivity contribution is -0.121. The second-order valence-corrected chi connectivity index (χ2v) is 12.8. The second-order valence-electron chi connectivity index (χ2n) is 12.8. The Balaban J connectivity index is 1.08. The Bertz CT molecular complexity index is 1210. The van der Waals surface area contributed by atoms with Crippen molar-refractivity contribution >= 4 is 17.5 Å². The molecule has 5 aliphatic carbocycles. The number of carbonyl (C=O) groups is 1. The maximum absolute atomic E-state index is 11.6. The molecule has 5 saturated carbocycles. The molecule has 0 amide bonds. The van der Waals surface area contributed by atoms with Crippen molar-refractivity contribution in [2.75, 3.05) is 24.3 Å². The van der Waals surface area contributed by atoms with E-state index in [2.05, 4.69) is 21.7 Å². The second kappa shape index (κ2) is 11.2. The number of para-hydroxylation sites is 1. The number of ether oxygens (including phenoxy) is 1. The Kier molecular flexibility index (Phi) is 7.47. The molecule has 0 aliphatic heterocycles. The third-order valence-electron chi connectivity index (χ3n) is 10.3. The van der Waals surface area contributed by atoms with Gasteiger partial charge >= 0.3 is 0 Å². The zero-order valence-electron chi connectivity index (χ0n) is 23.1. The molecule has 1 heterocycles. The number of aromatic nitrogens is 2. The molecule has 5 fully saturated rings. The molecular formula is C32H41N5O2. The van der Waals surface area contributed by atoms with Gasteiger partial charge in [-0.15, -0.1) is 0 Å². The van der Waals surface area contributed by atoms with E-state index in [9.17, 15) is 10.1 Å². The number of anilines is 2. The predicted octanol–water partition coefficient (Wildman–Crippen LogP) is 6.36. The number of nitriles is 1. The number of hydrogen-bond acceptors (Lipinski definition) is 7. The molecule has 3 unspecified atom stereocenters. The fourth-order valence-corrected chi connectivity index (χ4v) is 8.68. The first-order valence-electron chi connectivity index (χ1n) is 14.9. The van der Waals surface area contributed by atoms with Crippen molar-refractivity contribution in [2.24, 2.45) is 35.0 Å². The first-order chi connectivity index (χ1) is 19.0. The van der Waals surface area contributed by atoms with E-state index in [0.29, 0.717) is 35.1 Å². The Morgan fingerprint density at radius 3 is 2.59 bits per heavy atom. The molecule has 39 heavy (non-hydrogen) atoms. The fraction of sp³-hybridized carbons (Fsp3) is 0.625. The molecule has 1 aromatic carbocycles. The van der Waals surface area contributed by atoms with Crippen molar-refractivity contribution in [3.8, 4) is 11.8 Å². The van der Waals surface area contributed by atoms with Gasteiger partial charge in [-0.25, -0.2) is 4.98 Å². The van der Waals surface area contributed by atoms with E-state index in [4.69, 9.17) is 9.72 Å². The SMILES string of the molecule is COc1ccccc1CNc1ncc(C#N)c(NCC23CC4C[C@H](C2)C(CCC2CCC(=O)CC2)[C@@H](C4)C3)n1. The lowest BCUT2D eigenvalue weighted by atomic mass is 9.45. The number of benzene rings is 1. The molecule has 5 aliphatic rings. The summed E-state index contributed by atoms with van der Waals surface area (Å²) in [6.07, 6.45) is 14.9. The van der Waals surface area contributed by atoms with Gasteiger partial charge in [0.2, 0.25) is 5.95 Å². The van der Waals surface area contributed by atoms with E-state index in [1.165, 1.54) is 44.9 Å². The summed E-state index contributed by atoms with van der Waals surface area (Å²) in [6, 6.07) is 10.2. The van der Waals surface area contributed by atoms with Crippen LogP contribution in [0.15, 0.2) is 30.5 Å². The number of carbonyl (C=O) groups excluding carboxylic acids is 1. The van der Waals surface area contributed by atoms with Crippen LogP contribution < -0.4 is 15.4 Å². The number of ketones is 1. The summed E-state index contributed by atoms with van der Waals surface area (Å²) in [5.41, 5.74) is 1.83. The molecule has 7 heteroatoms. The van der Waals surface area contributed by atoms with Gasteiger partial charge in [0.25, 0.3) is 0 Å². The zero-order valence-corrected chi connectivity index (χ0v) is 23.1. The molecule has 1 aromatic heterocycles. The lowest BCUT2D eigenvalue weighted by Gasteiger charge is -2.60. The van der Waals surface area contributed by atoms with Crippen molar-refractivity contribution in [3.63, 3.8) is 0 Å². The Labute approximate surface area is 232 Å². The summed E-state index contributed by atoms with van der Waals surface area (Å²) in [7, 11) is 1.67. The van der Waals surface area contributed by atoms with Crippen molar-refractivity contribution in [1.82, 2.24) is 9.97 Å². The molecular weight excluding hydrogens is 486 g/mol. The average Bonchev–Trinajstić information content (AvgIpc) is 2.95.